The monoisotopic (exact) mass is 443 g/mol. The lowest BCUT2D eigenvalue weighted by atomic mass is 9.79. The molecule has 5 rings (SSSR count). The number of hydrogen-bond donors (Lipinski definition) is 2. The third-order valence-corrected chi connectivity index (χ3v) is 6.21. The minimum absolute atomic E-state index is 0.104. The number of ether oxygens (including phenoxy) is 1. The van der Waals surface area contributed by atoms with Crippen molar-refractivity contribution in [2.75, 3.05) is 20.3 Å². The van der Waals surface area contributed by atoms with Gasteiger partial charge in [-0.2, -0.15) is 0 Å². The van der Waals surface area contributed by atoms with Gasteiger partial charge in [0.1, 0.15) is 5.76 Å². The van der Waals surface area contributed by atoms with Gasteiger partial charge >= 0.3 is 0 Å². The average Bonchev–Trinajstić information content (AvgIpc) is 3.52. The van der Waals surface area contributed by atoms with Gasteiger partial charge in [-0.15, -0.1) is 0 Å². The number of fused-ring (bicyclic) bond motifs is 2. The van der Waals surface area contributed by atoms with E-state index in [1.165, 1.54) is 0 Å². The van der Waals surface area contributed by atoms with Gasteiger partial charge in [-0.3, -0.25) is 9.59 Å². The second kappa shape index (κ2) is 8.96. The van der Waals surface area contributed by atoms with Gasteiger partial charge in [0, 0.05) is 41.9 Å². The van der Waals surface area contributed by atoms with Crippen molar-refractivity contribution in [2.24, 2.45) is 0 Å². The largest absolute Gasteiger partial charge is 0.467 e. The first-order valence-electron chi connectivity index (χ1n) is 10.9. The molecule has 7 heteroatoms. The Hall–Kier alpha value is -3.84. The lowest BCUT2D eigenvalue weighted by Gasteiger charge is -2.41. The molecule has 1 aliphatic rings. The fourth-order valence-corrected chi connectivity index (χ4v) is 4.69. The summed E-state index contributed by atoms with van der Waals surface area (Å²) in [5.74, 6) is -0.189. The van der Waals surface area contributed by atoms with Crippen molar-refractivity contribution in [2.45, 2.75) is 18.5 Å². The van der Waals surface area contributed by atoms with Crippen LogP contribution >= 0.6 is 0 Å². The zero-order valence-corrected chi connectivity index (χ0v) is 18.3. The molecule has 4 aromatic rings. The van der Waals surface area contributed by atoms with Crippen molar-refractivity contribution in [3.05, 3.63) is 95.6 Å². The molecule has 0 bridgehead atoms. The van der Waals surface area contributed by atoms with Crippen LogP contribution in [0.15, 0.2) is 77.5 Å². The number of methoxy groups -OCH3 is 1. The predicted octanol–water partition coefficient (Wildman–Crippen LogP) is 4.00. The highest BCUT2D eigenvalue weighted by molar-refractivity contribution is 6.02. The van der Waals surface area contributed by atoms with Gasteiger partial charge in [-0.1, -0.05) is 36.4 Å². The quantitative estimate of drug-likeness (QED) is 0.452. The van der Waals surface area contributed by atoms with E-state index in [2.05, 4.69) is 10.3 Å². The third kappa shape index (κ3) is 3.81. The molecule has 2 atom stereocenters. The Balaban J connectivity index is 1.63. The number of H-pyrrole nitrogens is 1. The Morgan fingerprint density at radius 1 is 1.09 bits per heavy atom. The fraction of sp³-hybridized carbons (Fsp3) is 0.231. The molecule has 2 amide bonds. The number of amides is 2. The molecular formula is C26H25N3O4. The van der Waals surface area contributed by atoms with Gasteiger partial charge in [0.05, 0.1) is 31.4 Å². The number of aromatic amines is 1. The van der Waals surface area contributed by atoms with Crippen LogP contribution in [0.2, 0.25) is 0 Å². The minimum Gasteiger partial charge on any atom is -0.467 e. The zero-order chi connectivity index (χ0) is 22.8. The number of nitrogens with zero attached hydrogens (tertiary/aromatic N) is 1. The van der Waals surface area contributed by atoms with E-state index < -0.39 is 12.0 Å². The lowest BCUT2D eigenvalue weighted by molar-refractivity contribution is -0.124. The summed E-state index contributed by atoms with van der Waals surface area (Å²) in [5, 5.41) is 4.00. The maximum absolute atomic E-state index is 13.7. The zero-order valence-electron chi connectivity index (χ0n) is 18.3. The highest BCUT2D eigenvalue weighted by atomic mass is 16.5. The topological polar surface area (TPSA) is 87.6 Å². The van der Waals surface area contributed by atoms with Crippen LogP contribution in [0.4, 0.5) is 0 Å². The normalized spacial score (nSPS) is 17.8. The lowest BCUT2D eigenvalue weighted by Crippen LogP contribution is -2.48. The smallest absolute Gasteiger partial charge is 0.254 e. The molecule has 33 heavy (non-hydrogen) atoms. The maximum atomic E-state index is 13.7. The third-order valence-electron chi connectivity index (χ3n) is 6.21. The van der Waals surface area contributed by atoms with Gasteiger partial charge in [0.2, 0.25) is 5.91 Å². The second-order valence-electron chi connectivity index (χ2n) is 8.09. The number of nitrogens with one attached hydrogen (secondary N) is 2. The predicted molar refractivity (Wildman–Crippen MR) is 124 cm³/mol. The van der Waals surface area contributed by atoms with Gasteiger partial charge in [-0.05, 0) is 29.8 Å². The van der Waals surface area contributed by atoms with E-state index in [1.807, 2.05) is 54.7 Å². The van der Waals surface area contributed by atoms with Crippen molar-refractivity contribution in [1.29, 1.82) is 0 Å². The molecule has 0 saturated heterocycles. The van der Waals surface area contributed by atoms with Crippen LogP contribution in [0, 0.1) is 0 Å². The highest BCUT2D eigenvalue weighted by Crippen LogP contribution is 2.44. The molecule has 3 heterocycles. The van der Waals surface area contributed by atoms with E-state index in [-0.39, 0.29) is 18.4 Å². The van der Waals surface area contributed by atoms with Crippen LogP contribution in [0.1, 0.15) is 39.2 Å². The molecule has 0 saturated carbocycles. The average molecular weight is 444 g/mol. The second-order valence-corrected chi connectivity index (χ2v) is 8.09. The summed E-state index contributed by atoms with van der Waals surface area (Å²) in [6, 6.07) is 18.4. The van der Waals surface area contributed by atoms with E-state index in [4.69, 9.17) is 9.15 Å². The van der Waals surface area contributed by atoms with Crippen LogP contribution in [-0.4, -0.2) is 42.0 Å². The van der Waals surface area contributed by atoms with Gasteiger partial charge in [0.25, 0.3) is 5.91 Å². The van der Waals surface area contributed by atoms with Crippen LogP contribution < -0.4 is 5.32 Å². The molecule has 2 aromatic carbocycles. The summed E-state index contributed by atoms with van der Waals surface area (Å²) in [4.78, 5) is 32.3. The van der Waals surface area contributed by atoms with Crippen molar-refractivity contribution >= 4 is 22.7 Å². The van der Waals surface area contributed by atoms with Crippen LogP contribution in [0.25, 0.3) is 10.9 Å². The van der Waals surface area contributed by atoms with E-state index in [9.17, 15) is 9.59 Å². The molecule has 1 aliphatic heterocycles. The van der Waals surface area contributed by atoms with E-state index >= 15 is 0 Å². The Labute approximate surface area is 191 Å². The van der Waals surface area contributed by atoms with Gasteiger partial charge < -0.3 is 24.4 Å². The fourth-order valence-electron chi connectivity index (χ4n) is 4.69. The van der Waals surface area contributed by atoms with Crippen LogP contribution in [-0.2, 0) is 16.1 Å². The summed E-state index contributed by atoms with van der Waals surface area (Å²) in [6.45, 7) is 1.01. The summed E-state index contributed by atoms with van der Waals surface area (Å²) >= 11 is 0. The maximum Gasteiger partial charge on any atom is 0.254 e. The number of rotatable bonds is 7. The van der Waals surface area contributed by atoms with Crippen molar-refractivity contribution in [1.82, 2.24) is 15.2 Å². The molecule has 2 N–H and O–H groups in total. The minimum atomic E-state index is -0.593. The number of carbonyl (C=O) groups is 2. The number of aromatic nitrogens is 1. The number of carbonyl (C=O) groups excluding carboxylic acids is 2. The summed E-state index contributed by atoms with van der Waals surface area (Å²) in [6.07, 6.45) is 3.49. The number of hydrogen-bond acceptors (Lipinski definition) is 4. The van der Waals surface area contributed by atoms with Crippen molar-refractivity contribution < 1.29 is 18.7 Å². The molecule has 0 radical (unpaired) electrons. The van der Waals surface area contributed by atoms with E-state index in [0.717, 1.165) is 22.0 Å². The van der Waals surface area contributed by atoms with Gasteiger partial charge in [-0.25, -0.2) is 0 Å². The van der Waals surface area contributed by atoms with Crippen LogP contribution in [0.5, 0.6) is 0 Å². The molecule has 0 aliphatic carbocycles. The molecule has 2 unspecified atom stereocenters. The molecule has 2 aromatic heterocycles. The first-order chi connectivity index (χ1) is 16.2. The molecule has 7 nitrogen and oxygen atoms in total. The SMILES string of the molecule is COCCN1C(=O)c2ccccc2C(C(=O)NCc2ccco2)C1c1c[nH]c2ccccc12. The first kappa shape index (κ1) is 21.0. The Morgan fingerprint density at radius 3 is 2.73 bits per heavy atom. The molecule has 0 spiro atoms. The van der Waals surface area contributed by atoms with E-state index in [0.29, 0.717) is 24.5 Å². The summed E-state index contributed by atoms with van der Waals surface area (Å²) < 4.78 is 10.7. The van der Waals surface area contributed by atoms with E-state index in [1.54, 1.807) is 30.4 Å². The summed E-state index contributed by atoms with van der Waals surface area (Å²) in [7, 11) is 1.61. The Morgan fingerprint density at radius 2 is 1.91 bits per heavy atom. The number of benzene rings is 2. The first-order valence-corrected chi connectivity index (χ1v) is 10.9. The number of furan rings is 1. The molecular weight excluding hydrogens is 418 g/mol. The highest BCUT2D eigenvalue weighted by Gasteiger charge is 2.44. The van der Waals surface area contributed by atoms with Gasteiger partial charge in [0.15, 0.2) is 0 Å². The van der Waals surface area contributed by atoms with Crippen molar-refractivity contribution in [3.63, 3.8) is 0 Å². The standard InChI is InChI=1S/C26H25N3O4/c1-32-14-12-29-24(21-16-27-22-11-5-4-8-18(21)22)23(19-9-2-3-10-20(19)26(29)31)25(30)28-15-17-7-6-13-33-17/h2-11,13,16,23-24,27H,12,14-15H2,1H3,(H,28,30). The van der Waals surface area contributed by atoms with Crippen LogP contribution in [0.3, 0.4) is 0 Å². The molecule has 168 valence electrons. The Bertz CT molecular complexity index is 1280. The van der Waals surface area contributed by atoms with Crippen molar-refractivity contribution in [3.8, 4) is 0 Å². The Kier molecular flexibility index (Phi) is 5.71. The number of para-hydroxylation sites is 1. The molecule has 0 fully saturated rings. The summed E-state index contributed by atoms with van der Waals surface area (Å²) in [5.41, 5.74) is 3.13.